The van der Waals surface area contributed by atoms with Crippen molar-refractivity contribution in [3.8, 4) is 0 Å². The van der Waals surface area contributed by atoms with Crippen LogP contribution in [0.25, 0.3) is 21.5 Å². The molecule has 48 heavy (non-hydrogen) atoms. The number of carbonyl (C=O) groups is 4. The summed E-state index contributed by atoms with van der Waals surface area (Å²) >= 11 is 13.6. The third kappa shape index (κ3) is 12.4. The van der Waals surface area contributed by atoms with Crippen LogP contribution in [-0.2, 0) is 14.3 Å². The number of Topliss-reactive ketones (excluding diaryl/α,β-unsaturated/α-hetero) is 2. The van der Waals surface area contributed by atoms with E-state index in [0.717, 1.165) is 36.1 Å². The normalized spacial score (nSPS) is 13.5. The Hall–Kier alpha value is -2.64. The van der Waals surface area contributed by atoms with E-state index < -0.39 is 23.7 Å². The van der Waals surface area contributed by atoms with Gasteiger partial charge in [0.05, 0.1) is 5.33 Å². The number of ketones is 2. The van der Waals surface area contributed by atoms with Gasteiger partial charge in [-0.2, -0.15) is 13.5 Å². The molecule has 1 atom stereocenters. The first-order valence-electron chi connectivity index (χ1n) is 14.3. The van der Waals surface area contributed by atoms with Crippen molar-refractivity contribution in [2.75, 3.05) is 18.5 Å². The number of carbonyl (C=O) groups excluding carboxylic acids is 4. The summed E-state index contributed by atoms with van der Waals surface area (Å²) in [5.41, 5.74) is 0.584. The molecule has 4 aromatic carbocycles. The summed E-state index contributed by atoms with van der Waals surface area (Å²) in [4.78, 5) is 50.1. The van der Waals surface area contributed by atoms with E-state index >= 15 is 0 Å². The number of hydrogen-bond donors (Lipinski definition) is 0. The molecule has 0 bridgehead atoms. The molecule has 1 fully saturated rings. The Kier molecular flexibility index (Phi) is 18.2. The molecule has 4 aromatic rings. The van der Waals surface area contributed by atoms with Gasteiger partial charge in [-0.05, 0) is 91.6 Å². The third-order valence-corrected chi connectivity index (χ3v) is 8.36. The molecule has 258 valence electrons. The van der Waals surface area contributed by atoms with Crippen LogP contribution in [0.4, 0.5) is 4.79 Å². The lowest BCUT2D eigenvalue weighted by molar-refractivity contribution is -0.147. The minimum atomic E-state index is -0.716. The molecular weight excluding hydrogens is 846 g/mol. The average Bonchev–Trinajstić information content (AvgIpc) is 3.54. The van der Waals surface area contributed by atoms with Gasteiger partial charge in [0.2, 0.25) is 0 Å². The quantitative estimate of drug-likeness (QED) is 0.0626. The molecule has 0 aliphatic carbocycles. The third-order valence-electron chi connectivity index (χ3n) is 6.87. The molecule has 12 heteroatoms. The van der Waals surface area contributed by atoms with Crippen molar-refractivity contribution in [1.82, 2.24) is 4.90 Å². The second-order valence-electron chi connectivity index (χ2n) is 11.3. The molecule has 5 rings (SSSR count). The first kappa shape index (κ1) is 43.4. The lowest BCUT2D eigenvalue weighted by Gasteiger charge is -2.27. The predicted molar refractivity (Wildman–Crippen MR) is 213 cm³/mol. The van der Waals surface area contributed by atoms with Crippen molar-refractivity contribution in [1.29, 1.82) is 0 Å². The van der Waals surface area contributed by atoms with Gasteiger partial charge in [-0.25, -0.2) is 9.59 Å². The Bertz CT molecular complexity index is 1740. The van der Waals surface area contributed by atoms with Crippen molar-refractivity contribution in [2.45, 2.75) is 52.7 Å². The van der Waals surface area contributed by atoms with Crippen LogP contribution >= 0.6 is 73.5 Å². The summed E-state index contributed by atoms with van der Waals surface area (Å²) in [6, 6.07) is 22.2. The molecule has 1 aliphatic heterocycles. The number of fused-ring (bicyclic) bond motifs is 2. The molecule has 0 aromatic heterocycles. The van der Waals surface area contributed by atoms with Gasteiger partial charge >= 0.3 is 12.1 Å². The Balaban J connectivity index is 0.000000513. The highest BCUT2D eigenvalue weighted by molar-refractivity contribution is 9.10. The number of alkyl halides is 1. The monoisotopic (exact) mass is 882 g/mol. The second-order valence-corrected chi connectivity index (χ2v) is 13.7. The molecule has 1 saturated heterocycles. The minimum absolute atomic E-state index is 0. The van der Waals surface area contributed by atoms with Gasteiger partial charge in [-0.1, -0.05) is 91.6 Å². The van der Waals surface area contributed by atoms with Crippen LogP contribution in [0.2, 0.25) is 0 Å². The molecule has 0 unspecified atom stereocenters. The zero-order valence-corrected chi connectivity index (χ0v) is 32.6. The molecular formula is C36H39Br3NO6S2-. The number of rotatable bonds is 6. The van der Waals surface area contributed by atoms with Crippen LogP contribution in [-0.4, -0.2) is 64.5 Å². The van der Waals surface area contributed by atoms with E-state index in [4.69, 9.17) is 9.47 Å². The van der Waals surface area contributed by atoms with Crippen LogP contribution in [0, 0.1) is 0 Å². The number of nitrogens with zero attached hydrogens (tertiary/aromatic N) is 1. The Morgan fingerprint density at radius 1 is 0.812 bits per heavy atom. The van der Waals surface area contributed by atoms with Gasteiger partial charge in [0.1, 0.15) is 11.6 Å². The lowest BCUT2D eigenvalue weighted by Crippen LogP contribution is -2.44. The summed E-state index contributed by atoms with van der Waals surface area (Å²) in [5, 5.41) is 4.53. The van der Waals surface area contributed by atoms with Crippen molar-refractivity contribution in [3.05, 3.63) is 92.9 Å². The van der Waals surface area contributed by atoms with E-state index in [1.807, 2.05) is 60.7 Å². The zero-order valence-electron chi connectivity index (χ0n) is 26.1. The first-order chi connectivity index (χ1) is 21.8. The predicted octanol–water partition coefficient (Wildman–Crippen LogP) is 10.1. The smallest absolute Gasteiger partial charge is 0.411 e. The Morgan fingerprint density at radius 3 is 1.75 bits per heavy atom. The highest BCUT2D eigenvalue weighted by atomic mass is 79.9. The number of halogens is 3. The number of benzene rings is 4. The number of amides is 1. The van der Waals surface area contributed by atoms with E-state index in [-0.39, 0.29) is 39.1 Å². The first-order valence-corrected chi connectivity index (χ1v) is 17.4. The summed E-state index contributed by atoms with van der Waals surface area (Å²) < 4.78 is 12.6. The molecule has 0 spiro atoms. The van der Waals surface area contributed by atoms with Crippen molar-refractivity contribution in [3.63, 3.8) is 0 Å². The minimum Gasteiger partial charge on any atom is -0.456 e. The van der Waals surface area contributed by atoms with E-state index in [1.165, 1.54) is 4.90 Å². The van der Waals surface area contributed by atoms with E-state index in [9.17, 15) is 19.2 Å². The number of hydrogen-bond acceptors (Lipinski definition) is 7. The van der Waals surface area contributed by atoms with Crippen LogP contribution in [0.5, 0.6) is 0 Å². The Labute approximate surface area is 319 Å². The summed E-state index contributed by atoms with van der Waals surface area (Å²) in [6.07, 6.45) is 0.647. The average molecular weight is 886 g/mol. The molecule has 1 amide bonds. The van der Waals surface area contributed by atoms with Crippen LogP contribution in [0.3, 0.4) is 0 Å². The summed E-state index contributed by atoms with van der Waals surface area (Å²) in [6.45, 7) is 5.39. The molecule has 1 heterocycles. The van der Waals surface area contributed by atoms with Crippen molar-refractivity contribution >= 4 is 125 Å². The van der Waals surface area contributed by atoms with Crippen LogP contribution in [0.1, 0.15) is 61.8 Å². The number of likely N-dealkylation sites (tertiary alicyclic amines) is 1. The topological polar surface area (TPSA) is 90.0 Å². The lowest BCUT2D eigenvalue weighted by atomic mass is 10.0. The van der Waals surface area contributed by atoms with Gasteiger partial charge in [0, 0.05) is 26.6 Å². The molecule has 1 aliphatic rings. The number of ether oxygens (including phenoxy) is 2. The summed E-state index contributed by atoms with van der Waals surface area (Å²) in [7, 11) is 0. The number of esters is 1. The number of thiocarbonyl (C=S) groups is 1. The fourth-order valence-corrected chi connectivity index (χ4v) is 5.81. The highest BCUT2D eigenvalue weighted by Gasteiger charge is 2.37. The maximum Gasteiger partial charge on any atom is 0.411 e. The highest BCUT2D eigenvalue weighted by Crippen LogP contribution is 2.24. The fourth-order valence-electron chi connectivity index (χ4n) is 4.72. The van der Waals surface area contributed by atoms with Crippen molar-refractivity contribution in [2.24, 2.45) is 0 Å². The molecule has 0 saturated carbocycles. The van der Waals surface area contributed by atoms with Gasteiger partial charge < -0.3 is 27.6 Å². The van der Waals surface area contributed by atoms with Gasteiger partial charge in [0.15, 0.2) is 18.2 Å². The largest absolute Gasteiger partial charge is 0.456 e. The van der Waals surface area contributed by atoms with Crippen LogP contribution in [0.15, 0.2) is 81.7 Å². The standard InChI is InChI=1S/C22H24BrNO5.C12H8Br2O.CHS.CH4.H2S/c1-22(2,3)29-21(27)24-10-4-5-18(24)20(26)28-13-19(25)16-7-6-15-12-17(23)9-8-14(15)11-16;13-7-12(15)10-2-1-9-6-11(14)4-3-8(9)5-10;1-2;;/h6-9,11-12,18H,4-5,10,13H2,1-3H3;1-6H,7H2;1H;1H4;1H2/q;;-1;;/t18-;;;;/m0..../s1. The van der Waals surface area contributed by atoms with Gasteiger partial charge in [-0.15, -0.1) is 0 Å². The van der Waals surface area contributed by atoms with E-state index in [2.05, 4.69) is 65.9 Å². The van der Waals surface area contributed by atoms with E-state index in [1.54, 1.807) is 32.9 Å². The Morgan fingerprint density at radius 2 is 1.27 bits per heavy atom. The fraction of sp³-hybridized carbons (Fsp3) is 0.306. The molecule has 0 radical (unpaired) electrons. The maximum atomic E-state index is 12.5. The maximum absolute atomic E-state index is 12.5. The van der Waals surface area contributed by atoms with Crippen LogP contribution < -0.4 is 0 Å². The zero-order chi connectivity index (χ0) is 34.0. The van der Waals surface area contributed by atoms with E-state index in [0.29, 0.717) is 30.3 Å². The van der Waals surface area contributed by atoms with Gasteiger partial charge in [0.25, 0.3) is 0 Å². The second kappa shape index (κ2) is 20.1. The molecule has 0 N–H and O–H groups in total. The van der Waals surface area contributed by atoms with Gasteiger partial charge in [-0.3, -0.25) is 14.5 Å². The summed E-state index contributed by atoms with van der Waals surface area (Å²) in [5.74, 6) is 3.33. The van der Waals surface area contributed by atoms with Crippen molar-refractivity contribution < 1.29 is 28.7 Å². The molecule has 7 nitrogen and oxygen atoms in total. The SMILES string of the molecule is C.CC(C)(C)OC(=O)N1CCC[C@H]1C(=O)OCC(=O)c1ccc2cc(Br)ccc2c1.O=C(CBr)c1ccc2cc(Br)ccc2c1.S.[CH-]=S.